The van der Waals surface area contributed by atoms with Crippen LogP contribution in [-0.2, 0) is 4.74 Å². The van der Waals surface area contributed by atoms with Crippen molar-refractivity contribution in [2.45, 2.75) is 65.0 Å². The first-order valence-corrected chi connectivity index (χ1v) is 6.33. The Bertz CT molecular complexity index is 199. The number of unbranched alkanes of at least 4 members (excludes halogenated alkanes) is 1. The summed E-state index contributed by atoms with van der Waals surface area (Å²) in [7, 11) is 0. The summed E-state index contributed by atoms with van der Waals surface area (Å²) < 4.78 is 5.74. The summed E-state index contributed by atoms with van der Waals surface area (Å²) in [6.07, 6.45) is 8.33. The largest absolute Gasteiger partial charge is 0.497 e. The molecule has 88 valence electrons. The van der Waals surface area contributed by atoms with Crippen LogP contribution in [-0.4, -0.2) is 18.7 Å². The number of nitrogens with one attached hydrogen (secondary N) is 1. The minimum absolute atomic E-state index is 0.435. The van der Waals surface area contributed by atoms with Crippen molar-refractivity contribution >= 4 is 0 Å². The Kier molecular flexibility index (Phi) is 5.77. The molecule has 0 spiro atoms. The molecule has 1 N–H and O–H groups in total. The highest BCUT2D eigenvalue weighted by Crippen LogP contribution is 2.18. The van der Waals surface area contributed by atoms with Crippen molar-refractivity contribution in [3.8, 4) is 0 Å². The number of allylic oxidation sites excluding steroid dienone is 1. The van der Waals surface area contributed by atoms with Crippen LogP contribution in [0.1, 0.15) is 52.9 Å². The third-order valence-electron chi connectivity index (χ3n) is 2.69. The molecule has 1 atom stereocenters. The molecule has 1 unspecified atom stereocenters. The average molecular weight is 211 g/mol. The summed E-state index contributed by atoms with van der Waals surface area (Å²) >= 11 is 0. The van der Waals surface area contributed by atoms with Crippen LogP contribution in [0.25, 0.3) is 0 Å². The third kappa shape index (κ3) is 4.70. The van der Waals surface area contributed by atoms with E-state index in [-0.39, 0.29) is 0 Å². The van der Waals surface area contributed by atoms with Gasteiger partial charge in [-0.1, -0.05) is 33.6 Å². The van der Waals surface area contributed by atoms with Gasteiger partial charge in [-0.05, 0) is 25.3 Å². The van der Waals surface area contributed by atoms with Gasteiger partial charge in [-0.25, -0.2) is 0 Å². The molecule has 0 saturated heterocycles. The topological polar surface area (TPSA) is 21.3 Å². The van der Waals surface area contributed by atoms with Crippen molar-refractivity contribution in [1.82, 2.24) is 5.32 Å². The second-order valence-corrected chi connectivity index (χ2v) is 4.61. The smallest absolute Gasteiger partial charge is 0.109 e. The third-order valence-corrected chi connectivity index (χ3v) is 2.69. The Labute approximate surface area is 94.1 Å². The molecule has 0 aromatic carbocycles. The molecule has 1 aliphatic heterocycles. The van der Waals surface area contributed by atoms with E-state index in [4.69, 9.17) is 4.74 Å². The maximum atomic E-state index is 5.74. The number of ether oxygens (including phenoxy) is 1. The van der Waals surface area contributed by atoms with Crippen molar-refractivity contribution in [2.75, 3.05) is 6.61 Å². The molecule has 0 radical (unpaired) electrons. The molecule has 2 heteroatoms. The molecule has 0 saturated carbocycles. The Balaban J connectivity index is 2.49. The zero-order chi connectivity index (χ0) is 11.1. The van der Waals surface area contributed by atoms with Crippen molar-refractivity contribution in [3.05, 3.63) is 11.8 Å². The van der Waals surface area contributed by atoms with E-state index in [1.165, 1.54) is 37.9 Å². The Morgan fingerprint density at radius 3 is 2.80 bits per heavy atom. The quantitative estimate of drug-likeness (QED) is 0.728. The Morgan fingerprint density at radius 1 is 1.47 bits per heavy atom. The molecule has 0 aromatic rings. The van der Waals surface area contributed by atoms with Gasteiger partial charge in [-0.15, -0.1) is 0 Å². The minimum Gasteiger partial charge on any atom is -0.497 e. The molecular weight excluding hydrogens is 186 g/mol. The van der Waals surface area contributed by atoms with Gasteiger partial charge < -0.3 is 10.1 Å². The lowest BCUT2D eigenvalue weighted by Crippen LogP contribution is -2.37. The SMILES string of the molecule is CCCCC(NC(C)C)C1=CCCCO1. The predicted octanol–water partition coefficient (Wildman–Crippen LogP) is 3.24. The van der Waals surface area contributed by atoms with E-state index >= 15 is 0 Å². The second kappa shape index (κ2) is 6.89. The fraction of sp³-hybridized carbons (Fsp3) is 0.846. The first kappa shape index (κ1) is 12.6. The minimum atomic E-state index is 0.435. The van der Waals surface area contributed by atoms with Crippen LogP contribution in [0.5, 0.6) is 0 Å². The number of hydrogen-bond donors (Lipinski definition) is 1. The highest BCUT2D eigenvalue weighted by atomic mass is 16.5. The van der Waals surface area contributed by atoms with Crippen molar-refractivity contribution in [2.24, 2.45) is 0 Å². The Morgan fingerprint density at radius 2 is 2.27 bits per heavy atom. The number of hydrogen-bond acceptors (Lipinski definition) is 2. The summed E-state index contributed by atoms with van der Waals surface area (Å²) in [5.74, 6) is 1.18. The van der Waals surface area contributed by atoms with Gasteiger partial charge in [0.25, 0.3) is 0 Å². The Hall–Kier alpha value is -0.500. The monoisotopic (exact) mass is 211 g/mol. The maximum Gasteiger partial charge on any atom is 0.109 e. The van der Waals surface area contributed by atoms with Crippen molar-refractivity contribution in [1.29, 1.82) is 0 Å². The molecule has 1 rings (SSSR count). The zero-order valence-electron chi connectivity index (χ0n) is 10.4. The van der Waals surface area contributed by atoms with Gasteiger partial charge in [0.1, 0.15) is 5.76 Å². The van der Waals surface area contributed by atoms with Gasteiger partial charge in [0, 0.05) is 6.04 Å². The zero-order valence-corrected chi connectivity index (χ0v) is 10.4. The molecule has 15 heavy (non-hydrogen) atoms. The highest BCUT2D eigenvalue weighted by Gasteiger charge is 2.17. The van der Waals surface area contributed by atoms with Gasteiger partial charge in [0.15, 0.2) is 0 Å². The molecule has 1 heterocycles. The van der Waals surface area contributed by atoms with Crippen LogP contribution in [0.4, 0.5) is 0 Å². The maximum absolute atomic E-state index is 5.74. The predicted molar refractivity (Wildman–Crippen MR) is 64.9 cm³/mol. The van der Waals surface area contributed by atoms with E-state index < -0.39 is 0 Å². The highest BCUT2D eigenvalue weighted by molar-refractivity contribution is 5.05. The standard InChI is InChI=1S/C13H25NO/c1-4-5-8-12(14-11(2)3)13-9-6-7-10-15-13/h9,11-12,14H,4-8,10H2,1-3H3. The van der Waals surface area contributed by atoms with Gasteiger partial charge in [0.2, 0.25) is 0 Å². The fourth-order valence-electron chi connectivity index (χ4n) is 1.94. The van der Waals surface area contributed by atoms with E-state index in [0.29, 0.717) is 12.1 Å². The molecule has 2 nitrogen and oxygen atoms in total. The van der Waals surface area contributed by atoms with Crippen LogP contribution >= 0.6 is 0 Å². The van der Waals surface area contributed by atoms with E-state index in [0.717, 1.165) is 6.61 Å². The van der Waals surface area contributed by atoms with Crippen LogP contribution in [0.3, 0.4) is 0 Å². The summed E-state index contributed by atoms with van der Waals surface area (Å²) in [4.78, 5) is 0. The number of rotatable bonds is 6. The fourth-order valence-corrected chi connectivity index (χ4v) is 1.94. The van der Waals surface area contributed by atoms with Gasteiger partial charge in [-0.3, -0.25) is 0 Å². The van der Waals surface area contributed by atoms with E-state index in [2.05, 4.69) is 32.2 Å². The first-order valence-electron chi connectivity index (χ1n) is 6.33. The van der Waals surface area contributed by atoms with Crippen molar-refractivity contribution < 1.29 is 4.74 Å². The summed E-state index contributed by atoms with van der Waals surface area (Å²) in [6, 6.07) is 0.962. The first-order chi connectivity index (χ1) is 7.24. The van der Waals surface area contributed by atoms with Crippen LogP contribution < -0.4 is 5.32 Å². The van der Waals surface area contributed by atoms with Crippen LogP contribution in [0.2, 0.25) is 0 Å². The summed E-state index contributed by atoms with van der Waals surface area (Å²) in [5, 5.41) is 3.59. The lowest BCUT2D eigenvalue weighted by atomic mass is 10.0. The van der Waals surface area contributed by atoms with Gasteiger partial charge in [0.05, 0.1) is 12.6 Å². The second-order valence-electron chi connectivity index (χ2n) is 4.61. The van der Waals surface area contributed by atoms with Gasteiger partial charge in [-0.2, -0.15) is 0 Å². The molecule has 0 aliphatic carbocycles. The normalized spacial score (nSPS) is 18.5. The van der Waals surface area contributed by atoms with Crippen molar-refractivity contribution in [3.63, 3.8) is 0 Å². The van der Waals surface area contributed by atoms with E-state index in [1.54, 1.807) is 0 Å². The lowest BCUT2D eigenvalue weighted by Gasteiger charge is -2.26. The molecule has 0 aromatic heterocycles. The van der Waals surface area contributed by atoms with E-state index in [1.807, 2.05) is 0 Å². The van der Waals surface area contributed by atoms with Gasteiger partial charge >= 0.3 is 0 Å². The summed E-state index contributed by atoms with van der Waals surface area (Å²) in [6.45, 7) is 7.53. The molecule has 1 aliphatic rings. The van der Waals surface area contributed by atoms with Crippen LogP contribution in [0.15, 0.2) is 11.8 Å². The molecule has 0 fully saturated rings. The lowest BCUT2D eigenvalue weighted by molar-refractivity contribution is 0.161. The molecule has 0 amide bonds. The van der Waals surface area contributed by atoms with Crippen LogP contribution in [0, 0.1) is 0 Å². The van der Waals surface area contributed by atoms with E-state index in [9.17, 15) is 0 Å². The molecular formula is C13H25NO. The molecule has 0 bridgehead atoms. The average Bonchev–Trinajstić information content (AvgIpc) is 2.25. The summed E-state index contributed by atoms with van der Waals surface area (Å²) in [5.41, 5.74) is 0.